The maximum Gasteiger partial charge on any atom is 0.274 e. The molecule has 0 saturated heterocycles. The predicted octanol–water partition coefficient (Wildman–Crippen LogP) is 2.51. The van der Waals surface area contributed by atoms with Crippen molar-refractivity contribution in [2.75, 3.05) is 5.73 Å². The monoisotopic (exact) mass is 296 g/mol. The zero-order chi connectivity index (χ0) is 13.4. The van der Waals surface area contributed by atoms with Crippen LogP contribution in [0.5, 0.6) is 0 Å². The van der Waals surface area contributed by atoms with Crippen LogP contribution in [0.4, 0.5) is 5.69 Å². The summed E-state index contributed by atoms with van der Waals surface area (Å²) in [7, 11) is 0. The van der Waals surface area contributed by atoms with Crippen LogP contribution in [0.15, 0.2) is 12.1 Å². The van der Waals surface area contributed by atoms with Crippen molar-refractivity contribution >= 4 is 34.5 Å². The summed E-state index contributed by atoms with van der Waals surface area (Å²) in [5, 5.41) is 9.67. The van der Waals surface area contributed by atoms with E-state index in [1.165, 1.54) is 11.3 Å². The quantitative estimate of drug-likeness (QED) is 0.810. The first-order chi connectivity index (χ1) is 9.15. The molecule has 1 amide bonds. The molecule has 0 unspecified atom stereocenters. The zero-order valence-electron chi connectivity index (χ0n) is 10.1. The lowest BCUT2D eigenvalue weighted by Gasteiger charge is -2.02. The van der Waals surface area contributed by atoms with E-state index < -0.39 is 0 Å². The summed E-state index contributed by atoms with van der Waals surface area (Å²) in [5.41, 5.74) is 7.60. The molecule has 7 heteroatoms. The van der Waals surface area contributed by atoms with Crippen LogP contribution in [-0.4, -0.2) is 16.1 Å². The molecule has 2 heterocycles. The number of H-pyrrole nitrogens is 1. The third kappa shape index (κ3) is 2.59. The number of hydrogen-bond donors (Lipinski definition) is 3. The Hall–Kier alpha value is -1.53. The van der Waals surface area contributed by atoms with E-state index in [1.807, 2.05) is 12.1 Å². The molecule has 0 bridgehead atoms. The normalized spacial score (nSPS) is 14.6. The molecule has 1 fully saturated rings. The van der Waals surface area contributed by atoms with Crippen molar-refractivity contribution in [1.29, 1.82) is 0 Å². The number of thiophene rings is 1. The molecular formula is C12H13ClN4OS. The summed E-state index contributed by atoms with van der Waals surface area (Å²) < 4.78 is 0.708. The molecule has 0 radical (unpaired) electrons. The van der Waals surface area contributed by atoms with Gasteiger partial charge in [-0.05, 0) is 25.0 Å². The van der Waals surface area contributed by atoms with Crippen molar-refractivity contribution in [1.82, 2.24) is 15.5 Å². The summed E-state index contributed by atoms with van der Waals surface area (Å²) in [5.74, 6) is 0.190. The number of anilines is 1. The van der Waals surface area contributed by atoms with Gasteiger partial charge in [0.05, 0.1) is 22.3 Å². The number of carbonyl (C=O) groups excluding carboxylic acids is 1. The number of nitrogens with one attached hydrogen (secondary N) is 2. The molecule has 0 atom stereocenters. The van der Waals surface area contributed by atoms with Crippen LogP contribution in [0.25, 0.3) is 0 Å². The van der Waals surface area contributed by atoms with Crippen molar-refractivity contribution in [2.24, 2.45) is 0 Å². The number of aromatic amines is 1. The Morgan fingerprint density at radius 3 is 3.00 bits per heavy atom. The third-order valence-electron chi connectivity index (χ3n) is 3.09. The third-order valence-corrected chi connectivity index (χ3v) is 4.32. The summed E-state index contributed by atoms with van der Waals surface area (Å²) >= 11 is 7.27. The largest absolute Gasteiger partial charge is 0.395 e. The first-order valence-electron chi connectivity index (χ1n) is 6.01. The molecule has 0 aliphatic heterocycles. The number of nitrogens with two attached hydrogens (primary N) is 1. The number of amides is 1. The second-order valence-electron chi connectivity index (χ2n) is 4.56. The van der Waals surface area contributed by atoms with Gasteiger partial charge in [-0.15, -0.1) is 11.3 Å². The van der Waals surface area contributed by atoms with Gasteiger partial charge < -0.3 is 11.1 Å². The fraction of sp³-hybridized carbons (Fsp3) is 0.333. The molecule has 2 aromatic heterocycles. The van der Waals surface area contributed by atoms with Crippen molar-refractivity contribution in [2.45, 2.75) is 25.3 Å². The van der Waals surface area contributed by atoms with Crippen molar-refractivity contribution in [3.8, 4) is 0 Å². The van der Waals surface area contributed by atoms with Crippen LogP contribution in [0.3, 0.4) is 0 Å². The molecule has 1 aliphatic carbocycles. The van der Waals surface area contributed by atoms with Crippen LogP contribution in [0.1, 0.15) is 39.8 Å². The van der Waals surface area contributed by atoms with Gasteiger partial charge in [-0.1, -0.05) is 11.6 Å². The Morgan fingerprint density at radius 1 is 1.58 bits per heavy atom. The lowest BCUT2D eigenvalue weighted by molar-refractivity contribution is 0.0947. The number of nitrogen functional groups attached to an aromatic ring is 1. The highest BCUT2D eigenvalue weighted by molar-refractivity contribution is 7.16. The fourth-order valence-corrected chi connectivity index (χ4v) is 2.95. The molecule has 0 spiro atoms. The summed E-state index contributed by atoms with van der Waals surface area (Å²) in [6, 6.07) is 3.69. The number of nitrogens with zero attached hydrogens (tertiary/aromatic N) is 1. The second kappa shape index (κ2) is 4.86. The summed E-state index contributed by atoms with van der Waals surface area (Å²) in [6.07, 6.45) is 2.22. The minimum absolute atomic E-state index is 0.259. The van der Waals surface area contributed by atoms with Crippen LogP contribution in [-0.2, 0) is 6.54 Å². The second-order valence-corrected chi connectivity index (χ2v) is 6.36. The molecule has 2 aromatic rings. The SMILES string of the molecule is Nc1c(C(=O)NCc2ccc(Cl)s2)n[nH]c1C1CC1. The molecule has 4 N–H and O–H groups in total. The van der Waals surface area contributed by atoms with Crippen LogP contribution in [0.2, 0.25) is 4.34 Å². The Bertz CT molecular complexity index is 617. The van der Waals surface area contributed by atoms with E-state index in [2.05, 4.69) is 15.5 Å². The van der Waals surface area contributed by atoms with Crippen LogP contribution < -0.4 is 11.1 Å². The number of rotatable bonds is 4. The summed E-state index contributed by atoms with van der Waals surface area (Å²) in [6.45, 7) is 0.432. The zero-order valence-corrected chi connectivity index (χ0v) is 11.6. The summed E-state index contributed by atoms with van der Waals surface area (Å²) in [4.78, 5) is 13.0. The van der Waals surface area contributed by atoms with Gasteiger partial charge in [-0.2, -0.15) is 5.10 Å². The van der Waals surface area contributed by atoms with E-state index in [9.17, 15) is 4.79 Å². The molecule has 5 nitrogen and oxygen atoms in total. The van der Waals surface area contributed by atoms with Gasteiger partial charge in [0, 0.05) is 10.8 Å². The smallest absolute Gasteiger partial charge is 0.274 e. The lowest BCUT2D eigenvalue weighted by atomic mass is 10.2. The number of aromatic nitrogens is 2. The minimum Gasteiger partial charge on any atom is -0.395 e. The predicted molar refractivity (Wildman–Crippen MR) is 75.5 cm³/mol. The van der Waals surface area contributed by atoms with Crippen molar-refractivity contribution < 1.29 is 4.79 Å². The standard InChI is InChI=1S/C12H13ClN4OS/c13-8-4-3-7(19-8)5-15-12(18)11-9(14)10(16-17-11)6-1-2-6/h3-4,6H,1-2,5,14H2,(H,15,18)(H,16,17). The topological polar surface area (TPSA) is 83.8 Å². The van der Waals surface area contributed by atoms with Gasteiger partial charge >= 0.3 is 0 Å². The Kier molecular flexibility index (Phi) is 3.20. The molecule has 100 valence electrons. The Labute approximate surface area is 119 Å². The maximum absolute atomic E-state index is 12.0. The van der Waals surface area contributed by atoms with Gasteiger partial charge in [0.25, 0.3) is 5.91 Å². The van der Waals surface area contributed by atoms with E-state index in [1.54, 1.807) is 0 Å². The molecule has 3 rings (SSSR count). The highest BCUT2D eigenvalue weighted by Crippen LogP contribution is 2.42. The average molecular weight is 297 g/mol. The first-order valence-corrected chi connectivity index (χ1v) is 7.20. The van der Waals surface area contributed by atoms with Gasteiger partial charge in [0.1, 0.15) is 0 Å². The van der Waals surface area contributed by atoms with E-state index in [4.69, 9.17) is 17.3 Å². The van der Waals surface area contributed by atoms with Crippen LogP contribution in [0, 0.1) is 0 Å². The molecular weight excluding hydrogens is 284 g/mol. The number of hydrogen-bond acceptors (Lipinski definition) is 4. The van der Waals surface area contributed by atoms with E-state index in [0.29, 0.717) is 22.5 Å². The molecule has 1 aliphatic rings. The lowest BCUT2D eigenvalue weighted by Crippen LogP contribution is -2.23. The van der Waals surface area contributed by atoms with E-state index in [0.717, 1.165) is 23.4 Å². The van der Waals surface area contributed by atoms with Gasteiger partial charge in [0.15, 0.2) is 5.69 Å². The number of carbonyl (C=O) groups is 1. The van der Waals surface area contributed by atoms with E-state index in [-0.39, 0.29) is 11.6 Å². The van der Waals surface area contributed by atoms with Crippen molar-refractivity contribution in [3.63, 3.8) is 0 Å². The van der Waals surface area contributed by atoms with Crippen LogP contribution >= 0.6 is 22.9 Å². The van der Waals surface area contributed by atoms with Crippen molar-refractivity contribution in [3.05, 3.63) is 32.7 Å². The Balaban J connectivity index is 1.66. The Morgan fingerprint density at radius 2 is 2.37 bits per heavy atom. The highest BCUT2D eigenvalue weighted by atomic mass is 35.5. The first kappa shape index (κ1) is 12.5. The fourth-order valence-electron chi connectivity index (χ4n) is 1.92. The van der Waals surface area contributed by atoms with E-state index >= 15 is 0 Å². The molecule has 0 aromatic carbocycles. The average Bonchev–Trinajstić information content (AvgIpc) is 3.03. The van der Waals surface area contributed by atoms with Gasteiger partial charge in [-0.3, -0.25) is 9.89 Å². The number of halogens is 1. The highest BCUT2D eigenvalue weighted by Gasteiger charge is 2.30. The molecule has 1 saturated carbocycles. The minimum atomic E-state index is -0.259. The van der Waals surface area contributed by atoms with Gasteiger partial charge in [0.2, 0.25) is 0 Å². The maximum atomic E-state index is 12.0. The molecule has 19 heavy (non-hydrogen) atoms. The van der Waals surface area contributed by atoms with Gasteiger partial charge in [-0.25, -0.2) is 0 Å².